The summed E-state index contributed by atoms with van der Waals surface area (Å²) in [5, 5.41) is 3.22. The van der Waals surface area contributed by atoms with E-state index in [2.05, 4.69) is 10.0 Å². The number of rotatable bonds is 4. The van der Waals surface area contributed by atoms with Crippen LogP contribution in [0.4, 0.5) is 0 Å². The predicted octanol–water partition coefficient (Wildman–Crippen LogP) is -0.834. The SMILES string of the molecule is Cn1cc(S(=O)(=O)NCc2ccc3c(c2)CNC3)c(=O)n(C)c1=O. The van der Waals surface area contributed by atoms with E-state index >= 15 is 0 Å². The zero-order chi connectivity index (χ0) is 17.5. The summed E-state index contributed by atoms with van der Waals surface area (Å²) >= 11 is 0. The molecule has 0 aliphatic carbocycles. The van der Waals surface area contributed by atoms with Crippen molar-refractivity contribution in [3.63, 3.8) is 0 Å². The average Bonchev–Trinajstić information content (AvgIpc) is 3.02. The molecule has 0 spiro atoms. The van der Waals surface area contributed by atoms with Gasteiger partial charge in [0.15, 0.2) is 4.90 Å². The summed E-state index contributed by atoms with van der Waals surface area (Å²) in [6, 6.07) is 5.76. The molecule has 0 atom stereocenters. The first-order chi connectivity index (χ1) is 11.3. The number of benzene rings is 1. The van der Waals surface area contributed by atoms with Crippen molar-refractivity contribution in [3.8, 4) is 0 Å². The molecule has 0 saturated heterocycles. The highest BCUT2D eigenvalue weighted by molar-refractivity contribution is 7.89. The number of nitrogens with one attached hydrogen (secondary N) is 2. The number of aryl methyl sites for hydroxylation is 1. The minimum atomic E-state index is -4.02. The summed E-state index contributed by atoms with van der Waals surface area (Å²) in [4.78, 5) is 23.3. The van der Waals surface area contributed by atoms with Crippen molar-refractivity contribution in [1.82, 2.24) is 19.2 Å². The molecule has 0 radical (unpaired) electrons. The standard InChI is InChI=1S/C15H18N4O4S/c1-18-9-13(14(20)19(2)15(18)21)24(22,23)17-6-10-3-4-11-7-16-8-12(11)5-10/h3-5,9,16-17H,6-8H2,1-2H3. The molecule has 24 heavy (non-hydrogen) atoms. The summed E-state index contributed by atoms with van der Waals surface area (Å²) in [5.41, 5.74) is 1.73. The molecule has 0 fully saturated rings. The molecular weight excluding hydrogens is 332 g/mol. The number of hydrogen-bond acceptors (Lipinski definition) is 5. The maximum Gasteiger partial charge on any atom is 0.330 e. The topological polar surface area (TPSA) is 102 Å². The first kappa shape index (κ1) is 16.6. The van der Waals surface area contributed by atoms with E-state index in [9.17, 15) is 18.0 Å². The number of aromatic nitrogens is 2. The minimum absolute atomic E-state index is 0.0710. The van der Waals surface area contributed by atoms with E-state index in [4.69, 9.17) is 0 Å². The summed E-state index contributed by atoms with van der Waals surface area (Å²) in [6.45, 7) is 1.65. The van der Waals surface area contributed by atoms with Crippen LogP contribution in [0, 0.1) is 0 Å². The van der Waals surface area contributed by atoms with Gasteiger partial charge in [-0.15, -0.1) is 0 Å². The van der Waals surface area contributed by atoms with Gasteiger partial charge in [0.05, 0.1) is 0 Å². The van der Waals surface area contributed by atoms with Crippen LogP contribution in [-0.2, 0) is 43.8 Å². The van der Waals surface area contributed by atoms with Gasteiger partial charge in [0.2, 0.25) is 10.0 Å². The molecule has 128 valence electrons. The van der Waals surface area contributed by atoms with Crippen LogP contribution in [0.2, 0.25) is 0 Å². The highest BCUT2D eigenvalue weighted by Gasteiger charge is 2.21. The Bertz CT molecular complexity index is 1020. The highest BCUT2D eigenvalue weighted by Crippen LogP contribution is 2.17. The number of hydrogen-bond donors (Lipinski definition) is 2. The van der Waals surface area contributed by atoms with E-state index in [-0.39, 0.29) is 6.54 Å². The Kier molecular flexibility index (Phi) is 4.16. The molecule has 9 heteroatoms. The number of nitrogens with zero attached hydrogens (tertiary/aromatic N) is 2. The van der Waals surface area contributed by atoms with Gasteiger partial charge in [-0.2, -0.15) is 0 Å². The van der Waals surface area contributed by atoms with Gasteiger partial charge in [-0.3, -0.25) is 9.36 Å². The molecule has 0 saturated carbocycles. The summed E-state index contributed by atoms with van der Waals surface area (Å²) in [7, 11) is -1.38. The Hall–Kier alpha value is -2.23. The van der Waals surface area contributed by atoms with Crippen LogP contribution in [0.25, 0.3) is 0 Å². The molecule has 0 amide bonds. The van der Waals surface area contributed by atoms with Crippen LogP contribution in [0.1, 0.15) is 16.7 Å². The first-order valence-electron chi connectivity index (χ1n) is 7.37. The second-order valence-corrected chi connectivity index (χ2v) is 7.52. The molecule has 2 N–H and O–H groups in total. The number of fused-ring (bicyclic) bond motifs is 1. The van der Waals surface area contributed by atoms with Crippen LogP contribution < -0.4 is 21.3 Å². The molecule has 3 rings (SSSR count). The smallest absolute Gasteiger partial charge is 0.309 e. The minimum Gasteiger partial charge on any atom is -0.309 e. The lowest BCUT2D eigenvalue weighted by Gasteiger charge is -2.10. The summed E-state index contributed by atoms with van der Waals surface area (Å²) in [6.07, 6.45) is 1.04. The average molecular weight is 350 g/mol. The van der Waals surface area contributed by atoms with E-state index in [0.717, 1.165) is 39.5 Å². The lowest BCUT2D eigenvalue weighted by atomic mass is 10.1. The van der Waals surface area contributed by atoms with E-state index in [0.29, 0.717) is 0 Å². The van der Waals surface area contributed by atoms with Gasteiger partial charge in [-0.05, 0) is 16.7 Å². The van der Waals surface area contributed by atoms with Gasteiger partial charge in [-0.1, -0.05) is 18.2 Å². The third kappa shape index (κ3) is 2.93. The summed E-state index contributed by atoms with van der Waals surface area (Å²) in [5.74, 6) is 0. The van der Waals surface area contributed by atoms with Crippen molar-refractivity contribution in [1.29, 1.82) is 0 Å². The fourth-order valence-electron chi connectivity index (χ4n) is 2.67. The van der Waals surface area contributed by atoms with Crippen LogP contribution in [0.3, 0.4) is 0 Å². The van der Waals surface area contributed by atoms with Gasteiger partial charge in [0, 0.05) is 39.9 Å². The maximum atomic E-state index is 12.4. The van der Waals surface area contributed by atoms with Gasteiger partial charge in [-0.25, -0.2) is 17.9 Å². The Morgan fingerprint density at radius 1 is 1.17 bits per heavy atom. The van der Waals surface area contributed by atoms with E-state index < -0.39 is 26.2 Å². The Balaban J connectivity index is 1.87. The van der Waals surface area contributed by atoms with Crippen molar-refractivity contribution < 1.29 is 8.42 Å². The monoisotopic (exact) mass is 350 g/mol. The molecule has 2 aromatic rings. The van der Waals surface area contributed by atoms with Gasteiger partial charge in [0.25, 0.3) is 5.56 Å². The number of sulfonamides is 1. The van der Waals surface area contributed by atoms with Crippen molar-refractivity contribution in [3.05, 3.63) is 61.9 Å². The lowest BCUT2D eigenvalue weighted by molar-refractivity contribution is 0.570. The molecule has 1 aliphatic heterocycles. The molecule has 0 bridgehead atoms. The first-order valence-corrected chi connectivity index (χ1v) is 8.85. The van der Waals surface area contributed by atoms with Crippen LogP contribution in [0.5, 0.6) is 0 Å². The van der Waals surface area contributed by atoms with Gasteiger partial charge >= 0.3 is 5.69 Å². The maximum absolute atomic E-state index is 12.4. The quantitative estimate of drug-likeness (QED) is 0.749. The molecule has 2 heterocycles. The van der Waals surface area contributed by atoms with Gasteiger partial charge < -0.3 is 9.88 Å². The van der Waals surface area contributed by atoms with Crippen molar-refractivity contribution in [2.75, 3.05) is 0 Å². The Morgan fingerprint density at radius 3 is 2.62 bits per heavy atom. The van der Waals surface area contributed by atoms with E-state index in [1.807, 2.05) is 18.2 Å². The Morgan fingerprint density at radius 2 is 1.88 bits per heavy atom. The van der Waals surface area contributed by atoms with Crippen LogP contribution >= 0.6 is 0 Å². The van der Waals surface area contributed by atoms with Gasteiger partial charge in [0.1, 0.15) is 0 Å². The van der Waals surface area contributed by atoms with Crippen LogP contribution in [0.15, 0.2) is 38.9 Å². The second kappa shape index (κ2) is 6.00. The molecular formula is C15H18N4O4S. The van der Waals surface area contributed by atoms with Crippen molar-refractivity contribution in [2.24, 2.45) is 14.1 Å². The van der Waals surface area contributed by atoms with Crippen LogP contribution in [-0.4, -0.2) is 17.6 Å². The Labute approximate surface area is 138 Å². The highest BCUT2D eigenvalue weighted by atomic mass is 32.2. The molecule has 1 aromatic carbocycles. The second-order valence-electron chi connectivity index (χ2n) is 5.78. The molecule has 1 aliphatic rings. The molecule has 8 nitrogen and oxygen atoms in total. The van der Waals surface area contributed by atoms with Crippen molar-refractivity contribution in [2.45, 2.75) is 24.5 Å². The summed E-state index contributed by atoms with van der Waals surface area (Å²) < 4.78 is 29.1. The zero-order valence-electron chi connectivity index (χ0n) is 13.4. The lowest BCUT2D eigenvalue weighted by Crippen LogP contribution is -2.41. The zero-order valence-corrected chi connectivity index (χ0v) is 14.2. The van der Waals surface area contributed by atoms with E-state index in [1.54, 1.807) is 0 Å². The largest absolute Gasteiger partial charge is 0.330 e. The molecule has 0 unspecified atom stereocenters. The third-order valence-electron chi connectivity index (χ3n) is 4.07. The fourth-order valence-corrected chi connectivity index (χ4v) is 3.85. The third-order valence-corrected chi connectivity index (χ3v) is 5.46. The fraction of sp³-hybridized carbons (Fsp3) is 0.333. The molecule has 1 aromatic heterocycles. The normalized spacial score (nSPS) is 13.9. The van der Waals surface area contributed by atoms with Crippen molar-refractivity contribution >= 4 is 10.0 Å². The predicted molar refractivity (Wildman–Crippen MR) is 87.9 cm³/mol. The van der Waals surface area contributed by atoms with E-state index in [1.165, 1.54) is 19.7 Å².